The molecule has 0 spiro atoms. The van der Waals surface area contributed by atoms with Gasteiger partial charge < -0.3 is 10.6 Å². The summed E-state index contributed by atoms with van der Waals surface area (Å²) in [6.45, 7) is 3.76. The normalized spacial score (nSPS) is 11.1. The summed E-state index contributed by atoms with van der Waals surface area (Å²) in [7, 11) is 2.08. The van der Waals surface area contributed by atoms with Crippen molar-refractivity contribution in [3.63, 3.8) is 0 Å². The molecule has 5 heteroatoms. The van der Waals surface area contributed by atoms with E-state index in [1.165, 1.54) is 6.42 Å². The van der Waals surface area contributed by atoms with Gasteiger partial charge in [-0.15, -0.1) is 5.10 Å². The standard InChI is InChI=1S/C18H23N5/c1-3-4-11-22(2)18-10-9-17-20-13-16(23(17)21-18)15-7-5-14(12-19)6-8-15/h5-10,13H,3-4,11-12,19H2,1-2H3. The molecule has 0 atom stereocenters. The minimum absolute atomic E-state index is 0.554. The van der Waals surface area contributed by atoms with Crippen LogP contribution in [-0.4, -0.2) is 28.2 Å². The van der Waals surface area contributed by atoms with E-state index in [0.29, 0.717) is 6.54 Å². The van der Waals surface area contributed by atoms with Crippen molar-refractivity contribution in [2.75, 3.05) is 18.5 Å². The lowest BCUT2D eigenvalue weighted by molar-refractivity contribution is 0.749. The molecule has 2 heterocycles. The number of nitrogens with zero attached hydrogens (tertiary/aromatic N) is 4. The minimum atomic E-state index is 0.554. The second-order valence-electron chi connectivity index (χ2n) is 5.78. The molecule has 3 aromatic rings. The lowest BCUT2D eigenvalue weighted by Gasteiger charge is -2.17. The number of aromatic nitrogens is 3. The van der Waals surface area contributed by atoms with Crippen LogP contribution in [0.4, 0.5) is 5.82 Å². The van der Waals surface area contributed by atoms with Gasteiger partial charge in [0.05, 0.1) is 11.9 Å². The molecule has 0 saturated carbocycles. The molecule has 0 saturated heterocycles. The first-order valence-electron chi connectivity index (χ1n) is 8.08. The van der Waals surface area contributed by atoms with Gasteiger partial charge in [0.2, 0.25) is 0 Å². The van der Waals surface area contributed by atoms with Crippen molar-refractivity contribution in [3.8, 4) is 11.3 Å². The number of fused-ring (bicyclic) bond motifs is 1. The predicted octanol–water partition coefficient (Wildman–Crippen LogP) is 3.09. The Balaban J connectivity index is 1.97. The van der Waals surface area contributed by atoms with Crippen LogP contribution in [0, 0.1) is 0 Å². The van der Waals surface area contributed by atoms with Crippen LogP contribution in [0.1, 0.15) is 25.3 Å². The Kier molecular flexibility index (Phi) is 4.57. The summed E-state index contributed by atoms with van der Waals surface area (Å²) in [5.41, 5.74) is 9.73. The molecule has 0 aliphatic heterocycles. The van der Waals surface area contributed by atoms with Gasteiger partial charge in [0, 0.05) is 25.7 Å². The maximum Gasteiger partial charge on any atom is 0.154 e. The Morgan fingerprint density at radius 2 is 1.91 bits per heavy atom. The zero-order valence-corrected chi connectivity index (χ0v) is 13.7. The fraction of sp³-hybridized carbons (Fsp3) is 0.333. The van der Waals surface area contributed by atoms with Crippen LogP contribution >= 0.6 is 0 Å². The number of rotatable bonds is 6. The summed E-state index contributed by atoms with van der Waals surface area (Å²) in [5, 5.41) is 4.76. The number of anilines is 1. The molecule has 2 N–H and O–H groups in total. The Bertz CT molecular complexity index is 776. The predicted molar refractivity (Wildman–Crippen MR) is 94.5 cm³/mol. The largest absolute Gasteiger partial charge is 0.358 e. The van der Waals surface area contributed by atoms with Crippen LogP contribution in [0.25, 0.3) is 16.9 Å². The van der Waals surface area contributed by atoms with Crippen molar-refractivity contribution < 1.29 is 0 Å². The van der Waals surface area contributed by atoms with Crippen molar-refractivity contribution in [2.45, 2.75) is 26.3 Å². The lowest BCUT2D eigenvalue weighted by atomic mass is 10.1. The van der Waals surface area contributed by atoms with E-state index in [9.17, 15) is 0 Å². The van der Waals surface area contributed by atoms with Crippen molar-refractivity contribution in [1.82, 2.24) is 14.6 Å². The molecule has 0 unspecified atom stereocenters. The number of unbranched alkanes of at least 4 members (excludes halogenated alkanes) is 1. The van der Waals surface area contributed by atoms with E-state index in [1.807, 2.05) is 35.0 Å². The minimum Gasteiger partial charge on any atom is -0.358 e. The topological polar surface area (TPSA) is 59.5 Å². The fourth-order valence-electron chi connectivity index (χ4n) is 2.59. The van der Waals surface area contributed by atoms with E-state index in [4.69, 9.17) is 10.8 Å². The number of hydrogen-bond donors (Lipinski definition) is 1. The first kappa shape index (κ1) is 15.5. The van der Waals surface area contributed by atoms with Gasteiger partial charge in [0.1, 0.15) is 5.82 Å². The fourth-order valence-corrected chi connectivity index (χ4v) is 2.59. The molecular weight excluding hydrogens is 286 g/mol. The lowest BCUT2D eigenvalue weighted by Crippen LogP contribution is -2.20. The summed E-state index contributed by atoms with van der Waals surface area (Å²) < 4.78 is 1.91. The summed E-state index contributed by atoms with van der Waals surface area (Å²) in [6.07, 6.45) is 4.21. The zero-order chi connectivity index (χ0) is 16.2. The van der Waals surface area contributed by atoms with E-state index in [0.717, 1.165) is 41.3 Å². The number of nitrogens with two attached hydrogens (primary N) is 1. The second kappa shape index (κ2) is 6.79. The van der Waals surface area contributed by atoms with Gasteiger partial charge in [-0.2, -0.15) is 0 Å². The Labute approximate surface area is 136 Å². The van der Waals surface area contributed by atoms with E-state index in [2.05, 4.69) is 36.0 Å². The molecule has 2 aromatic heterocycles. The Morgan fingerprint density at radius 1 is 1.13 bits per heavy atom. The Hall–Kier alpha value is -2.40. The van der Waals surface area contributed by atoms with Crippen LogP contribution in [0.5, 0.6) is 0 Å². The van der Waals surface area contributed by atoms with Gasteiger partial charge in [-0.25, -0.2) is 9.50 Å². The van der Waals surface area contributed by atoms with Gasteiger partial charge in [0.15, 0.2) is 5.65 Å². The van der Waals surface area contributed by atoms with Gasteiger partial charge in [-0.1, -0.05) is 37.6 Å². The van der Waals surface area contributed by atoms with Gasteiger partial charge in [0.25, 0.3) is 0 Å². The molecule has 5 nitrogen and oxygen atoms in total. The summed E-state index contributed by atoms with van der Waals surface area (Å²) in [6, 6.07) is 12.3. The van der Waals surface area contributed by atoms with Crippen LogP contribution in [-0.2, 0) is 6.54 Å². The molecular formula is C18H23N5. The van der Waals surface area contributed by atoms with Crippen molar-refractivity contribution in [2.24, 2.45) is 5.73 Å². The smallest absolute Gasteiger partial charge is 0.154 e. The van der Waals surface area contributed by atoms with Crippen LogP contribution in [0.3, 0.4) is 0 Å². The van der Waals surface area contributed by atoms with Crippen molar-refractivity contribution in [3.05, 3.63) is 48.2 Å². The summed E-state index contributed by atoms with van der Waals surface area (Å²) in [4.78, 5) is 6.64. The number of hydrogen-bond acceptors (Lipinski definition) is 4. The third-order valence-electron chi connectivity index (χ3n) is 4.07. The zero-order valence-electron chi connectivity index (χ0n) is 13.7. The maximum absolute atomic E-state index is 5.67. The molecule has 0 amide bonds. The summed E-state index contributed by atoms with van der Waals surface area (Å²) >= 11 is 0. The molecule has 0 aliphatic carbocycles. The Morgan fingerprint density at radius 3 is 2.61 bits per heavy atom. The van der Waals surface area contributed by atoms with Gasteiger partial charge in [-0.3, -0.25) is 0 Å². The maximum atomic E-state index is 5.67. The third kappa shape index (κ3) is 3.19. The molecule has 1 aromatic carbocycles. The average Bonchev–Trinajstić information content (AvgIpc) is 3.02. The van der Waals surface area contributed by atoms with E-state index in [-0.39, 0.29) is 0 Å². The first-order chi connectivity index (χ1) is 11.2. The highest BCUT2D eigenvalue weighted by Crippen LogP contribution is 2.22. The van der Waals surface area contributed by atoms with Crippen LogP contribution < -0.4 is 10.6 Å². The molecule has 3 rings (SSSR count). The van der Waals surface area contributed by atoms with Crippen LogP contribution in [0.15, 0.2) is 42.6 Å². The molecule has 120 valence electrons. The average molecular weight is 309 g/mol. The second-order valence-corrected chi connectivity index (χ2v) is 5.78. The van der Waals surface area contributed by atoms with E-state index in [1.54, 1.807) is 0 Å². The molecule has 0 bridgehead atoms. The van der Waals surface area contributed by atoms with E-state index >= 15 is 0 Å². The highest BCUT2D eigenvalue weighted by Gasteiger charge is 2.10. The van der Waals surface area contributed by atoms with Crippen molar-refractivity contribution in [1.29, 1.82) is 0 Å². The highest BCUT2D eigenvalue weighted by atomic mass is 15.3. The number of benzene rings is 1. The molecule has 23 heavy (non-hydrogen) atoms. The van der Waals surface area contributed by atoms with Crippen molar-refractivity contribution >= 4 is 11.5 Å². The number of imidazole rings is 1. The van der Waals surface area contributed by atoms with Gasteiger partial charge >= 0.3 is 0 Å². The highest BCUT2D eigenvalue weighted by molar-refractivity contribution is 5.64. The first-order valence-corrected chi connectivity index (χ1v) is 8.08. The monoisotopic (exact) mass is 309 g/mol. The van der Waals surface area contributed by atoms with Crippen LogP contribution in [0.2, 0.25) is 0 Å². The van der Waals surface area contributed by atoms with Gasteiger partial charge in [-0.05, 0) is 24.1 Å². The third-order valence-corrected chi connectivity index (χ3v) is 4.07. The summed E-state index contributed by atoms with van der Waals surface area (Å²) in [5.74, 6) is 0.962. The molecule has 0 aliphatic rings. The molecule has 0 radical (unpaired) electrons. The SMILES string of the molecule is CCCCN(C)c1ccc2ncc(-c3ccc(CN)cc3)n2n1. The van der Waals surface area contributed by atoms with E-state index < -0.39 is 0 Å². The quantitative estimate of drug-likeness (QED) is 0.760. The molecule has 0 fully saturated rings.